The topological polar surface area (TPSA) is 95.9 Å². The maximum Gasteiger partial charge on any atom is 0.306 e. The molecular formula is C53H89NO5. The molecule has 0 bridgehead atoms. The quantitative estimate of drug-likeness (QED) is 0.0324. The van der Waals surface area contributed by atoms with Crippen LogP contribution in [0.25, 0.3) is 0 Å². The van der Waals surface area contributed by atoms with Gasteiger partial charge in [0.2, 0.25) is 5.91 Å². The summed E-state index contributed by atoms with van der Waals surface area (Å²) in [6.45, 7) is 6.17. The van der Waals surface area contributed by atoms with Crippen LogP contribution in [0.2, 0.25) is 0 Å². The van der Waals surface area contributed by atoms with Crippen LogP contribution in [-0.2, 0) is 14.3 Å². The van der Waals surface area contributed by atoms with Gasteiger partial charge in [-0.3, -0.25) is 9.59 Å². The zero-order chi connectivity index (χ0) is 43.1. The second-order valence-electron chi connectivity index (χ2n) is 15.9. The Kier molecular flexibility index (Phi) is 43.4. The monoisotopic (exact) mass is 820 g/mol. The Hall–Kier alpha value is -3.22. The van der Waals surface area contributed by atoms with Crippen LogP contribution in [0, 0.1) is 0 Å². The third-order valence-electron chi connectivity index (χ3n) is 10.3. The molecule has 6 heteroatoms. The summed E-state index contributed by atoms with van der Waals surface area (Å²) < 4.78 is 5.87. The molecule has 3 atom stereocenters. The number of carbonyl (C=O) groups is 2. The number of ether oxygens (including phenoxy) is 1. The first-order valence-corrected chi connectivity index (χ1v) is 24.1. The highest BCUT2D eigenvalue weighted by atomic mass is 16.5. The van der Waals surface area contributed by atoms with Crippen LogP contribution in [0.3, 0.4) is 0 Å². The van der Waals surface area contributed by atoms with Gasteiger partial charge in [0.1, 0.15) is 6.10 Å². The van der Waals surface area contributed by atoms with Crippen molar-refractivity contribution in [3.8, 4) is 0 Å². The highest BCUT2D eigenvalue weighted by Gasteiger charge is 2.24. The summed E-state index contributed by atoms with van der Waals surface area (Å²) in [4.78, 5) is 26.0. The summed E-state index contributed by atoms with van der Waals surface area (Å²) in [6.07, 6.45) is 60.4. The molecule has 0 rings (SSSR count). The first-order valence-electron chi connectivity index (χ1n) is 24.1. The van der Waals surface area contributed by atoms with Gasteiger partial charge in [0, 0.05) is 6.42 Å². The van der Waals surface area contributed by atoms with Crippen molar-refractivity contribution in [3.05, 3.63) is 97.2 Å². The van der Waals surface area contributed by atoms with Crippen molar-refractivity contribution in [2.24, 2.45) is 0 Å². The normalized spacial score (nSPS) is 14.2. The van der Waals surface area contributed by atoms with Gasteiger partial charge in [0.15, 0.2) is 0 Å². The van der Waals surface area contributed by atoms with E-state index in [2.05, 4.69) is 74.7 Å². The minimum Gasteiger partial charge on any atom is -0.462 e. The van der Waals surface area contributed by atoms with Gasteiger partial charge in [-0.2, -0.15) is 0 Å². The van der Waals surface area contributed by atoms with Crippen molar-refractivity contribution >= 4 is 11.9 Å². The molecule has 1 amide bonds. The van der Waals surface area contributed by atoms with Crippen LogP contribution in [0.5, 0.6) is 0 Å². The van der Waals surface area contributed by atoms with Crippen molar-refractivity contribution < 1.29 is 24.5 Å². The average Bonchev–Trinajstić information content (AvgIpc) is 3.23. The molecule has 59 heavy (non-hydrogen) atoms. The van der Waals surface area contributed by atoms with E-state index < -0.39 is 18.2 Å². The number of rotatable bonds is 41. The highest BCUT2D eigenvalue weighted by Crippen LogP contribution is 2.16. The van der Waals surface area contributed by atoms with Crippen LogP contribution >= 0.6 is 0 Å². The number of hydrogen-bond donors (Lipinski definition) is 3. The van der Waals surface area contributed by atoms with E-state index in [0.717, 1.165) is 70.6 Å². The molecule has 0 aliphatic carbocycles. The number of carbonyl (C=O) groups excluding carboxylic acids is 2. The molecule has 3 N–H and O–H groups in total. The summed E-state index contributed by atoms with van der Waals surface area (Å²) in [5.41, 5.74) is 0. The SMILES string of the molecule is CC/C=C/C=C/C=C\C=C/C=C/CCCC(CC(=O)NC(CO)C(O)CCCCCCCCCCCCCC)OC(=O)CCCCCCCCC/C=C/C=C/C=C/CC. The predicted octanol–water partition coefficient (Wildman–Crippen LogP) is 14.2. The molecule has 0 spiro atoms. The Bertz CT molecular complexity index is 1190. The van der Waals surface area contributed by atoms with Gasteiger partial charge in [-0.15, -0.1) is 0 Å². The van der Waals surface area contributed by atoms with E-state index in [1.54, 1.807) is 0 Å². The lowest BCUT2D eigenvalue weighted by molar-refractivity contribution is -0.151. The van der Waals surface area contributed by atoms with E-state index in [1.807, 2.05) is 48.6 Å². The molecule has 0 saturated heterocycles. The average molecular weight is 820 g/mol. The summed E-state index contributed by atoms with van der Waals surface area (Å²) in [6, 6.07) is -0.731. The number of aliphatic hydroxyl groups is 2. The first kappa shape index (κ1) is 55.8. The Balaban J connectivity index is 4.73. The molecule has 0 aromatic carbocycles. The second kappa shape index (κ2) is 45.9. The Labute approximate surface area is 363 Å². The van der Waals surface area contributed by atoms with Crippen molar-refractivity contribution in [2.45, 2.75) is 219 Å². The zero-order valence-corrected chi connectivity index (χ0v) is 38.1. The predicted molar refractivity (Wildman–Crippen MR) is 254 cm³/mol. The maximum absolute atomic E-state index is 13.2. The van der Waals surface area contributed by atoms with Crippen LogP contribution in [-0.4, -0.2) is 46.9 Å². The van der Waals surface area contributed by atoms with Gasteiger partial charge in [0.25, 0.3) is 0 Å². The molecule has 0 fully saturated rings. The number of esters is 1. The van der Waals surface area contributed by atoms with E-state index >= 15 is 0 Å². The van der Waals surface area contributed by atoms with Crippen molar-refractivity contribution in [1.29, 1.82) is 0 Å². The van der Waals surface area contributed by atoms with E-state index in [4.69, 9.17) is 4.74 Å². The number of nitrogens with one attached hydrogen (secondary N) is 1. The Morgan fingerprint density at radius 1 is 0.508 bits per heavy atom. The lowest BCUT2D eigenvalue weighted by Crippen LogP contribution is -2.46. The zero-order valence-electron chi connectivity index (χ0n) is 38.1. The van der Waals surface area contributed by atoms with Crippen molar-refractivity contribution in [2.75, 3.05) is 6.61 Å². The molecule has 0 aliphatic heterocycles. The number of aliphatic hydroxyl groups excluding tert-OH is 2. The Morgan fingerprint density at radius 2 is 0.932 bits per heavy atom. The summed E-state index contributed by atoms with van der Waals surface area (Å²) in [5, 5.41) is 23.7. The highest BCUT2D eigenvalue weighted by molar-refractivity contribution is 5.77. The third kappa shape index (κ3) is 41.3. The smallest absolute Gasteiger partial charge is 0.306 e. The standard InChI is InChI=1S/C53H89NO5/c1-4-7-10-13-16-19-22-25-26-28-31-34-37-40-43-46-53(58)59-49(44-41-38-35-32-29-27-23-20-17-14-11-8-5-2)47-52(57)54-50(48-55)51(56)45-42-39-36-33-30-24-21-18-15-12-9-6-3/h7-8,10-11,13-14,16-17,19-20,22-23,27,29,32,35,49-51,55-56H,4-6,9,12,15,18,21,24-26,28,30-31,33-34,36-48H2,1-3H3,(H,54,57)/b10-7+,11-8+,16-13+,17-14+,22-19+,23-20-,29-27-,35-32+. The van der Waals surface area contributed by atoms with Crippen LogP contribution in [0.15, 0.2) is 97.2 Å². The fourth-order valence-corrected chi connectivity index (χ4v) is 6.75. The molecule has 336 valence electrons. The number of unbranched alkanes of at least 4 members (excludes halogenated alkanes) is 19. The molecule has 0 aliphatic rings. The van der Waals surface area contributed by atoms with E-state index in [-0.39, 0.29) is 24.9 Å². The van der Waals surface area contributed by atoms with E-state index in [9.17, 15) is 19.8 Å². The van der Waals surface area contributed by atoms with Crippen LogP contribution in [0.4, 0.5) is 0 Å². The molecular weight excluding hydrogens is 731 g/mol. The van der Waals surface area contributed by atoms with Crippen molar-refractivity contribution in [3.63, 3.8) is 0 Å². The first-order chi connectivity index (χ1) is 29.0. The third-order valence-corrected chi connectivity index (χ3v) is 10.3. The summed E-state index contributed by atoms with van der Waals surface area (Å²) in [7, 11) is 0. The van der Waals surface area contributed by atoms with Gasteiger partial charge in [-0.05, 0) is 57.8 Å². The fraction of sp³-hybridized carbons (Fsp3) is 0.660. The van der Waals surface area contributed by atoms with Crippen LogP contribution in [0.1, 0.15) is 201 Å². The number of amides is 1. The molecule has 0 heterocycles. The molecule has 3 unspecified atom stereocenters. The van der Waals surface area contributed by atoms with Gasteiger partial charge in [-0.1, -0.05) is 227 Å². The largest absolute Gasteiger partial charge is 0.462 e. The minimum atomic E-state index is -0.813. The molecule has 0 saturated carbocycles. The van der Waals surface area contributed by atoms with Crippen LogP contribution < -0.4 is 5.32 Å². The van der Waals surface area contributed by atoms with E-state index in [0.29, 0.717) is 19.3 Å². The minimum absolute atomic E-state index is 0.0182. The second-order valence-corrected chi connectivity index (χ2v) is 15.9. The van der Waals surface area contributed by atoms with Gasteiger partial charge < -0.3 is 20.3 Å². The Morgan fingerprint density at radius 3 is 1.42 bits per heavy atom. The molecule has 6 nitrogen and oxygen atoms in total. The fourth-order valence-electron chi connectivity index (χ4n) is 6.75. The van der Waals surface area contributed by atoms with Crippen molar-refractivity contribution in [1.82, 2.24) is 5.32 Å². The van der Waals surface area contributed by atoms with Gasteiger partial charge in [-0.25, -0.2) is 0 Å². The number of hydrogen-bond acceptors (Lipinski definition) is 5. The van der Waals surface area contributed by atoms with Gasteiger partial charge in [0.05, 0.1) is 25.2 Å². The maximum atomic E-state index is 13.2. The molecule has 0 aromatic rings. The van der Waals surface area contributed by atoms with E-state index in [1.165, 1.54) is 83.5 Å². The summed E-state index contributed by atoms with van der Waals surface area (Å²) >= 11 is 0. The molecule has 0 radical (unpaired) electrons. The lowest BCUT2D eigenvalue weighted by atomic mass is 10.0. The summed E-state index contributed by atoms with van der Waals surface area (Å²) in [5.74, 6) is -0.569. The molecule has 0 aromatic heterocycles. The number of allylic oxidation sites excluding steroid dienone is 16. The lowest BCUT2D eigenvalue weighted by Gasteiger charge is -2.24. The van der Waals surface area contributed by atoms with Gasteiger partial charge >= 0.3 is 5.97 Å².